The fourth-order valence-electron chi connectivity index (χ4n) is 3.19. The molecule has 3 aromatic rings. The van der Waals surface area contributed by atoms with Gasteiger partial charge in [0.25, 0.3) is 5.44 Å². The van der Waals surface area contributed by atoms with E-state index in [4.69, 9.17) is 18.9 Å². The van der Waals surface area contributed by atoms with Crippen molar-refractivity contribution >= 4 is 31.6 Å². The van der Waals surface area contributed by atoms with Gasteiger partial charge in [0, 0.05) is 0 Å². The van der Waals surface area contributed by atoms with Crippen LogP contribution in [0.3, 0.4) is 0 Å². The highest BCUT2D eigenvalue weighted by Crippen LogP contribution is 2.30. The lowest BCUT2D eigenvalue weighted by atomic mass is 10.3. The Hall–Kier alpha value is -3.90. The number of sulfone groups is 2. The van der Waals surface area contributed by atoms with Gasteiger partial charge in [0.15, 0.2) is 18.1 Å². The Morgan fingerprint density at radius 1 is 0.737 bits per heavy atom. The molecule has 0 spiro atoms. The summed E-state index contributed by atoms with van der Waals surface area (Å²) in [6, 6.07) is 20.5. The Balaban J connectivity index is 1.76. The van der Waals surface area contributed by atoms with Crippen LogP contribution < -0.4 is 9.47 Å². The summed E-state index contributed by atoms with van der Waals surface area (Å²) in [4.78, 5) is 24.8. The van der Waals surface area contributed by atoms with Gasteiger partial charge in [-0.15, -0.1) is 0 Å². The molecule has 0 bridgehead atoms. The third kappa shape index (κ3) is 6.90. The summed E-state index contributed by atoms with van der Waals surface area (Å²) in [5, 5.41) is 0. The van der Waals surface area contributed by atoms with Crippen LogP contribution in [0.5, 0.6) is 11.5 Å². The van der Waals surface area contributed by atoms with Crippen molar-refractivity contribution in [2.75, 3.05) is 13.2 Å². The van der Waals surface area contributed by atoms with Gasteiger partial charge in [-0.2, -0.15) is 0 Å². The molecule has 0 radical (unpaired) electrons. The zero-order chi connectivity index (χ0) is 27.8. The molecule has 12 heteroatoms. The Kier molecular flexibility index (Phi) is 9.48. The predicted molar refractivity (Wildman–Crippen MR) is 136 cm³/mol. The SMILES string of the molecule is CCOC(=O)C(Oc1ccccc1OCC(=O)OC(C)S(=O)(=O)c1ccccc1)S(=O)(=O)c1ccccc1. The van der Waals surface area contributed by atoms with Crippen molar-refractivity contribution in [3.8, 4) is 11.5 Å². The molecule has 0 saturated heterocycles. The van der Waals surface area contributed by atoms with Crippen molar-refractivity contribution in [2.24, 2.45) is 0 Å². The normalized spacial score (nSPS) is 13.1. The molecule has 3 rings (SSSR count). The first kappa shape index (κ1) is 28.7. The first-order valence-electron chi connectivity index (χ1n) is 11.4. The standard InChI is InChI=1S/C26H26O10S2/c1-3-33-25(28)26(38(31,32)21-14-8-5-9-15-21)36-23-17-11-10-16-22(23)34-18-24(27)35-19(2)37(29,30)20-12-6-4-7-13-20/h4-17,19,26H,3,18H2,1-2H3. The van der Waals surface area contributed by atoms with Gasteiger partial charge in [0.2, 0.25) is 25.1 Å². The Morgan fingerprint density at radius 3 is 1.79 bits per heavy atom. The van der Waals surface area contributed by atoms with E-state index in [-0.39, 0.29) is 27.9 Å². The van der Waals surface area contributed by atoms with E-state index in [2.05, 4.69) is 0 Å². The van der Waals surface area contributed by atoms with Crippen LogP contribution >= 0.6 is 0 Å². The molecule has 10 nitrogen and oxygen atoms in total. The number of esters is 2. The van der Waals surface area contributed by atoms with Crippen LogP contribution in [0.2, 0.25) is 0 Å². The van der Waals surface area contributed by atoms with Crippen molar-refractivity contribution in [2.45, 2.75) is 34.5 Å². The molecule has 0 aliphatic rings. The monoisotopic (exact) mass is 562 g/mol. The number of hydrogen-bond donors (Lipinski definition) is 0. The summed E-state index contributed by atoms with van der Waals surface area (Å²) in [6.07, 6.45) is 0. The maximum atomic E-state index is 13.2. The van der Waals surface area contributed by atoms with Crippen molar-refractivity contribution in [1.82, 2.24) is 0 Å². The number of rotatable bonds is 12. The smallest absolute Gasteiger partial charge is 0.363 e. The van der Waals surface area contributed by atoms with Gasteiger partial charge in [0.05, 0.1) is 16.4 Å². The summed E-state index contributed by atoms with van der Waals surface area (Å²) in [5.74, 6) is -2.38. The first-order valence-corrected chi connectivity index (χ1v) is 14.5. The van der Waals surface area contributed by atoms with E-state index in [0.29, 0.717) is 0 Å². The minimum Gasteiger partial charge on any atom is -0.478 e. The summed E-state index contributed by atoms with van der Waals surface area (Å²) in [5.41, 5.74) is -3.55. The van der Waals surface area contributed by atoms with Gasteiger partial charge < -0.3 is 18.9 Å². The predicted octanol–water partition coefficient (Wildman–Crippen LogP) is 3.17. The van der Waals surface area contributed by atoms with Crippen molar-refractivity contribution < 1.29 is 45.4 Å². The quantitative estimate of drug-likeness (QED) is 0.302. The lowest BCUT2D eigenvalue weighted by Crippen LogP contribution is -2.37. The van der Waals surface area contributed by atoms with Crippen LogP contribution in [0.15, 0.2) is 94.7 Å². The van der Waals surface area contributed by atoms with E-state index in [1.165, 1.54) is 74.5 Å². The molecule has 0 heterocycles. The molecule has 0 fully saturated rings. The molecule has 0 amide bonds. The molecule has 0 saturated carbocycles. The molecular formula is C26H26O10S2. The van der Waals surface area contributed by atoms with E-state index in [9.17, 15) is 26.4 Å². The number of hydrogen-bond acceptors (Lipinski definition) is 10. The zero-order valence-electron chi connectivity index (χ0n) is 20.6. The highest BCUT2D eigenvalue weighted by molar-refractivity contribution is 7.92. The summed E-state index contributed by atoms with van der Waals surface area (Å²) in [6.45, 7) is 1.93. The number of carbonyl (C=O) groups excluding carboxylic acids is 2. The second-order valence-corrected chi connectivity index (χ2v) is 11.9. The van der Waals surface area contributed by atoms with Crippen molar-refractivity contribution in [3.63, 3.8) is 0 Å². The van der Waals surface area contributed by atoms with Crippen LogP contribution in [0.4, 0.5) is 0 Å². The topological polar surface area (TPSA) is 139 Å². The largest absolute Gasteiger partial charge is 0.478 e. The van der Waals surface area contributed by atoms with E-state index in [0.717, 1.165) is 0 Å². The molecule has 0 aliphatic carbocycles. The van der Waals surface area contributed by atoms with E-state index < -0.39 is 49.1 Å². The number of para-hydroxylation sites is 2. The number of ether oxygens (including phenoxy) is 4. The third-order valence-corrected chi connectivity index (χ3v) is 8.75. The second-order valence-electron chi connectivity index (χ2n) is 7.71. The Morgan fingerprint density at radius 2 is 1.24 bits per heavy atom. The van der Waals surface area contributed by atoms with Crippen LogP contribution in [-0.2, 0) is 38.7 Å². The zero-order valence-corrected chi connectivity index (χ0v) is 22.2. The molecule has 0 aromatic heterocycles. The van der Waals surface area contributed by atoms with E-state index in [1.54, 1.807) is 24.3 Å². The Labute approximate surface area is 220 Å². The first-order chi connectivity index (χ1) is 18.1. The van der Waals surface area contributed by atoms with E-state index >= 15 is 0 Å². The molecular weight excluding hydrogens is 536 g/mol. The fraction of sp³-hybridized carbons (Fsp3) is 0.231. The average molecular weight is 563 g/mol. The summed E-state index contributed by atoms with van der Waals surface area (Å²) in [7, 11) is -8.28. The molecule has 0 N–H and O–H groups in total. The maximum absolute atomic E-state index is 13.2. The van der Waals surface area contributed by atoms with E-state index in [1.807, 2.05) is 0 Å². The Bertz CT molecular complexity index is 1450. The van der Waals surface area contributed by atoms with Gasteiger partial charge >= 0.3 is 11.9 Å². The van der Waals surface area contributed by atoms with Gasteiger partial charge in [0.1, 0.15) is 0 Å². The third-order valence-electron chi connectivity index (χ3n) is 5.07. The van der Waals surface area contributed by atoms with Crippen LogP contribution in [-0.4, -0.2) is 52.9 Å². The molecule has 202 valence electrons. The summed E-state index contributed by atoms with van der Waals surface area (Å²) < 4.78 is 72.5. The molecule has 0 aliphatic heterocycles. The van der Waals surface area contributed by atoms with Gasteiger partial charge in [-0.3, -0.25) is 0 Å². The van der Waals surface area contributed by atoms with Crippen molar-refractivity contribution in [3.05, 3.63) is 84.9 Å². The van der Waals surface area contributed by atoms with Gasteiger partial charge in [-0.25, -0.2) is 26.4 Å². The second kappa shape index (κ2) is 12.6. The highest BCUT2D eigenvalue weighted by Gasteiger charge is 2.38. The minimum absolute atomic E-state index is 0.00963. The summed E-state index contributed by atoms with van der Waals surface area (Å²) >= 11 is 0. The van der Waals surface area contributed by atoms with Crippen LogP contribution in [0.25, 0.3) is 0 Å². The molecule has 38 heavy (non-hydrogen) atoms. The molecule has 2 unspecified atom stereocenters. The molecule has 3 aromatic carbocycles. The van der Waals surface area contributed by atoms with Crippen molar-refractivity contribution in [1.29, 1.82) is 0 Å². The minimum atomic E-state index is -4.34. The lowest BCUT2D eigenvalue weighted by Gasteiger charge is -2.20. The van der Waals surface area contributed by atoms with Crippen LogP contribution in [0.1, 0.15) is 13.8 Å². The number of carbonyl (C=O) groups is 2. The number of benzene rings is 3. The van der Waals surface area contributed by atoms with Gasteiger partial charge in [-0.1, -0.05) is 48.5 Å². The van der Waals surface area contributed by atoms with Gasteiger partial charge in [-0.05, 0) is 50.2 Å². The fourth-order valence-corrected chi connectivity index (χ4v) is 5.67. The average Bonchev–Trinajstić information content (AvgIpc) is 2.92. The highest BCUT2D eigenvalue weighted by atomic mass is 32.2. The maximum Gasteiger partial charge on any atom is 0.363 e. The van der Waals surface area contributed by atoms with Crippen LogP contribution in [0, 0.1) is 0 Å². The molecule has 2 atom stereocenters. The lowest BCUT2D eigenvalue weighted by molar-refractivity contribution is -0.148.